The molecule has 0 saturated carbocycles. The maximum Gasteiger partial charge on any atom is 0.318 e. The number of non-ortho nitro benzene ring substituents is 1. The van der Waals surface area contributed by atoms with Gasteiger partial charge in [-0.3, -0.25) is 29.8 Å². The SMILES string of the molecule is CCOc1cc(C2C3=C(CC(C)(C)CC3=O)N(CC)C3=C2C(=O)CC(C)(C)C3)cc(I)c1Oc1ccc([N+](=O)[O-])cc1[N+](=O)[O-]. The van der Waals surface area contributed by atoms with Gasteiger partial charge in [0, 0.05) is 53.9 Å². The standard InChI is InChI=1S/C33H36IN3O8/c1-7-35-22-14-32(3,4)16-24(38)29(22)28(30-23(35)15-33(5,6)17-25(30)39)18-11-20(34)31(27(12-18)44-8-2)45-26-10-9-19(36(40)41)13-21(26)37(42)43/h9-13,28H,7-8,14-17H2,1-6H3. The van der Waals surface area contributed by atoms with Crippen molar-refractivity contribution in [3.8, 4) is 17.2 Å². The Bertz CT molecular complexity index is 1650. The lowest BCUT2D eigenvalue weighted by Gasteiger charge is -2.49. The lowest BCUT2D eigenvalue weighted by molar-refractivity contribution is -0.394. The van der Waals surface area contributed by atoms with Crippen LogP contribution in [0.2, 0.25) is 0 Å². The number of benzene rings is 2. The maximum absolute atomic E-state index is 14.0. The average Bonchev–Trinajstić information content (AvgIpc) is 2.92. The minimum Gasteiger partial charge on any atom is -0.490 e. The lowest BCUT2D eigenvalue weighted by atomic mass is 9.63. The quantitative estimate of drug-likeness (QED) is 0.150. The number of ketones is 2. The van der Waals surface area contributed by atoms with Gasteiger partial charge < -0.3 is 14.4 Å². The van der Waals surface area contributed by atoms with Crippen molar-refractivity contribution in [2.75, 3.05) is 13.2 Å². The molecular weight excluding hydrogens is 693 g/mol. The molecule has 3 aliphatic rings. The van der Waals surface area contributed by atoms with Crippen molar-refractivity contribution in [2.45, 2.75) is 73.1 Å². The van der Waals surface area contributed by atoms with Gasteiger partial charge in [0.15, 0.2) is 23.1 Å². The number of halogens is 1. The number of rotatable bonds is 8. The number of ether oxygens (including phenoxy) is 2. The van der Waals surface area contributed by atoms with Gasteiger partial charge in [0.05, 0.1) is 26.1 Å². The summed E-state index contributed by atoms with van der Waals surface area (Å²) < 4.78 is 12.6. The molecule has 0 radical (unpaired) electrons. The van der Waals surface area contributed by atoms with E-state index >= 15 is 0 Å². The van der Waals surface area contributed by atoms with Crippen LogP contribution in [0.3, 0.4) is 0 Å². The Morgan fingerprint density at radius 1 is 0.867 bits per heavy atom. The highest BCUT2D eigenvalue weighted by Gasteiger charge is 2.49. The maximum atomic E-state index is 14.0. The second-order valence-electron chi connectivity index (χ2n) is 13.3. The van der Waals surface area contributed by atoms with Crippen LogP contribution in [0.5, 0.6) is 17.2 Å². The zero-order valence-electron chi connectivity index (χ0n) is 26.2. The molecule has 238 valence electrons. The van der Waals surface area contributed by atoms with Gasteiger partial charge in [0.25, 0.3) is 5.69 Å². The molecule has 45 heavy (non-hydrogen) atoms. The van der Waals surface area contributed by atoms with Crippen LogP contribution in [-0.2, 0) is 9.59 Å². The highest BCUT2D eigenvalue weighted by Crippen LogP contribution is 2.55. The third kappa shape index (κ3) is 6.08. The number of carbonyl (C=O) groups excluding carboxylic acids is 2. The van der Waals surface area contributed by atoms with E-state index < -0.39 is 27.1 Å². The predicted octanol–water partition coefficient (Wildman–Crippen LogP) is 8.00. The summed E-state index contributed by atoms with van der Waals surface area (Å²) in [6.45, 7) is 13.1. The number of nitrogens with zero attached hydrogens (tertiary/aromatic N) is 3. The summed E-state index contributed by atoms with van der Waals surface area (Å²) in [5.74, 6) is -0.271. The first-order valence-corrected chi connectivity index (χ1v) is 16.0. The van der Waals surface area contributed by atoms with E-state index in [9.17, 15) is 29.8 Å². The molecule has 2 aromatic carbocycles. The van der Waals surface area contributed by atoms with Crippen molar-refractivity contribution in [3.63, 3.8) is 0 Å². The largest absolute Gasteiger partial charge is 0.490 e. The third-order valence-electron chi connectivity index (χ3n) is 8.57. The fourth-order valence-electron chi connectivity index (χ4n) is 6.84. The normalized spacial score (nSPS) is 19.3. The summed E-state index contributed by atoms with van der Waals surface area (Å²) in [7, 11) is 0. The number of nitro benzene ring substituents is 2. The first kappa shape index (κ1) is 32.6. The van der Waals surface area contributed by atoms with Crippen molar-refractivity contribution in [1.82, 2.24) is 4.90 Å². The third-order valence-corrected chi connectivity index (χ3v) is 9.37. The van der Waals surface area contributed by atoms with Gasteiger partial charge in [-0.15, -0.1) is 0 Å². The molecule has 12 heteroatoms. The van der Waals surface area contributed by atoms with E-state index in [1.807, 2.05) is 13.0 Å². The summed E-state index contributed by atoms with van der Waals surface area (Å²) in [4.78, 5) is 51.8. The van der Waals surface area contributed by atoms with Crippen LogP contribution in [0.15, 0.2) is 52.9 Å². The van der Waals surface area contributed by atoms with Gasteiger partial charge in [-0.25, -0.2) is 0 Å². The summed E-state index contributed by atoms with van der Waals surface area (Å²) in [5.41, 5.74) is 2.44. The molecule has 2 aromatic rings. The average molecular weight is 730 g/mol. The van der Waals surface area contributed by atoms with Crippen LogP contribution in [0.1, 0.15) is 78.7 Å². The minimum absolute atomic E-state index is 0.0173. The molecule has 0 unspecified atom stereocenters. The molecule has 1 aliphatic heterocycles. The zero-order valence-corrected chi connectivity index (χ0v) is 28.3. The Morgan fingerprint density at radius 2 is 1.44 bits per heavy atom. The lowest BCUT2D eigenvalue weighted by Crippen LogP contribution is -2.44. The number of carbonyl (C=O) groups is 2. The molecule has 11 nitrogen and oxygen atoms in total. The highest BCUT2D eigenvalue weighted by molar-refractivity contribution is 14.1. The molecule has 0 aromatic heterocycles. The highest BCUT2D eigenvalue weighted by atomic mass is 127. The zero-order chi connectivity index (χ0) is 33.0. The molecular formula is C33H36IN3O8. The van der Waals surface area contributed by atoms with Gasteiger partial charge in [0.1, 0.15) is 0 Å². The summed E-state index contributed by atoms with van der Waals surface area (Å²) in [6, 6.07) is 6.76. The summed E-state index contributed by atoms with van der Waals surface area (Å²) in [5, 5.41) is 23.1. The van der Waals surface area contributed by atoms with Crippen LogP contribution in [0.25, 0.3) is 0 Å². The number of hydrogen-bond acceptors (Lipinski definition) is 9. The van der Waals surface area contributed by atoms with E-state index in [4.69, 9.17) is 9.47 Å². The van der Waals surface area contributed by atoms with Gasteiger partial charge in [-0.2, -0.15) is 0 Å². The van der Waals surface area contributed by atoms with Crippen molar-refractivity contribution < 1.29 is 28.9 Å². The first-order chi connectivity index (χ1) is 21.1. The molecule has 0 fully saturated rings. The van der Waals surface area contributed by atoms with Gasteiger partial charge >= 0.3 is 5.69 Å². The van der Waals surface area contributed by atoms with Gasteiger partial charge in [0.2, 0.25) is 5.75 Å². The van der Waals surface area contributed by atoms with Gasteiger partial charge in [-0.05, 0) is 83.9 Å². The number of Topliss-reactive ketones (excluding diaryl/α,β-unsaturated/α-hetero) is 2. The van der Waals surface area contributed by atoms with Crippen LogP contribution in [0.4, 0.5) is 11.4 Å². The molecule has 0 bridgehead atoms. The second kappa shape index (κ2) is 11.8. The van der Waals surface area contributed by atoms with E-state index in [0.717, 1.165) is 23.5 Å². The Balaban J connectivity index is 1.70. The van der Waals surface area contributed by atoms with Crippen LogP contribution < -0.4 is 9.47 Å². The number of hydrogen-bond donors (Lipinski definition) is 0. The first-order valence-electron chi connectivity index (χ1n) is 14.9. The van der Waals surface area contributed by atoms with Crippen molar-refractivity contribution in [1.29, 1.82) is 0 Å². The molecule has 0 amide bonds. The monoisotopic (exact) mass is 729 g/mol. The molecule has 0 saturated heterocycles. The van der Waals surface area contributed by atoms with E-state index in [2.05, 4.69) is 55.2 Å². The Labute approximate surface area is 275 Å². The van der Waals surface area contributed by atoms with Crippen LogP contribution >= 0.6 is 22.6 Å². The molecule has 0 spiro atoms. The Hall–Kier alpha value is -3.81. The predicted molar refractivity (Wildman–Crippen MR) is 175 cm³/mol. The smallest absolute Gasteiger partial charge is 0.318 e. The Kier molecular flexibility index (Phi) is 8.58. The minimum atomic E-state index is -0.736. The molecule has 0 N–H and O–H groups in total. The van der Waals surface area contributed by atoms with Crippen LogP contribution in [0, 0.1) is 34.6 Å². The van der Waals surface area contributed by atoms with Gasteiger partial charge in [-0.1, -0.05) is 27.7 Å². The fraction of sp³-hybridized carbons (Fsp3) is 0.455. The van der Waals surface area contributed by atoms with Crippen molar-refractivity contribution in [3.05, 3.63) is 82.2 Å². The molecule has 2 aliphatic carbocycles. The fourth-order valence-corrected chi connectivity index (χ4v) is 7.57. The summed E-state index contributed by atoms with van der Waals surface area (Å²) in [6.07, 6.45) is 2.12. The number of nitro groups is 2. The number of allylic oxidation sites excluding steroid dienone is 4. The molecule has 1 heterocycles. The second-order valence-corrected chi connectivity index (χ2v) is 14.5. The van der Waals surface area contributed by atoms with E-state index in [-0.39, 0.29) is 46.3 Å². The van der Waals surface area contributed by atoms with E-state index in [1.54, 1.807) is 13.0 Å². The van der Waals surface area contributed by atoms with Crippen LogP contribution in [-0.4, -0.2) is 39.5 Å². The van der Waals surface area contributed by atoms with Crippen molar-refractivity contribution >= 4 is 45.5 Å². The van der Waals surface area contributed by atoms with Crippen molar-refractivity contribution in [2.24, 2.45) is 10.8 Å². The molecule has 0 atom stereocenters. The summed E-state index contributed by atoms with van der Waals surface area (Å²) >= 11 is 2.05. The van der Waals surface area contributed by atoms with E-state index in [1.165, 1.54) is 6.07 Å². The topological polar surface area (TPSA) is 142 Å². The molecule has 5 rings (SSSR count). The van der Waals surface area contributed by atoms with E-state index in [0.29, 0.717) is 52.5 Å². The Morgan fingerprint density at radius 3 is 1.93 bits per heavy atom.